The molecule has 4 aliphatic carbocycles. The molecule has 0 bridgehead atoms. The Kier molecular flexibility index (Phi) is 10.1. The minimum atomic E-state index is 0.357. The third kappa shape index (κ3) is 6.41. The molecule has 0 spiro atoms. The lowest BCUT2D eigenvalue weighted by Crippen LogP contribution is -2.50. The van der Waals surface area contributed by atoms with Crippen LogP contribution in [0.4, 0.5) is 0 Å². The number of allylic oxidation sites excluding steroid dienone is 2. The zero-order valence-electron chi connectivity index (χ0n) is 25.3. The van der Waals surface area contributed by atoms with Gasteiger partial charge in [0, 0.05) is 12.8 Å². The summed E-state index contributed by atoms with van der Waals surface area (Å²) in [4.78, 5) is 11.7. The van der Waals surface area contributed by atoms with Crippen LogP contribution in [0.15, 0.2) is 11.6 Å². The van der Waals surface area contributed by atoms with E-state index in [1.807, 2.05) is 5.57 Å². The number of hydrogen-bond acceptors (Lipinski definition) is 2. The van der Waals surface area contributed by atoms with Crippen LogP contribution in [0.25, 0.3) is 0 Å². The van der Waals surface area contributed by atoms with Gasteiger partial charge in [-0.25, -0.2) is 0 Å². The van der Waals surface area contributed by atoms with E-state index in [9.17, 15) is 4.79 Å². The maximum Gasteiger partial charge on any atom is 0.134 e. The van der Waals surface area contributed by atoms with Crippen molar-refractivity contribution in [3.8, 4) is 0 Å². The summed E-state index contributed by atoms with van der Waals surface area (Å²) >= 11 is 0. The Bertz CT molecular complexity index is 784. The summed E-state index contributed by atoms with van der Waals surface area (Å²) in [5.41, 5.74) is 8.44. The molecule has 8 atom stereocenters. The van der Waals surface area contributed by atoms with Gasteiger partial charge in [0.15, 0.2) is 0 Å². The third-order valence-corrected chi connectivity index (χ3v) is 12.4. The second-order valence-electron chi connectivity index (χ2n) is 15.1. The number of hydrogen-bond donors (Lipinski definition) is 1. The summed E-state index contributed by atoms with van der Waals surface area (Å²) in [6.07, 6.45) is 24.9. The van der Waals surface area contributed by atoms with E-state index in [4.69, 9.17) is 5.73 Å². The number of carbonyl (C=O) groups excluding carboxylic acids is 1. The molecule has 3 fully saturated rings. The van der Waals surface area contributed by atoms with E-state index in [-0.39, 0.29) is 0 Å². The van der Waals surface area contributed by atoms with Crippen LogP contribution in [0.5, 0.6) is 0 Å². The molecule has 212 valence electrons. The van der Waals surface area contributed by atoms with Gasteiger partial charge in [-0.05, 0) is 117 Å². The Balaban J connectivity index is 1.31. The standard InChI is InChI=1S/C35H61NO/c1-25(2)10-9-11-26(3)31-16-17-32-30-15-14-28-24-27(12-7-6-8-13-29(37)20-23-36)18-21-34(28,4)33(30)19-22-35(31,32)5/h14,25-27,30-33H,6-13,15-24,36H2,1-5H3/t26-,27+,30+,31?,32?,33?,34?,35?/m1/s1. The Morgan fingerprint density at radius 2 is 1.76 bits per heavy atom. The summed E-state index contributed by atoms with van der Waals surface area (Å²) < 4.78 is 0. The first-order chi connectivity index (χ1) is 17.7. The molecule has 37 heavy (non-hydrogen) atoms. The lowest BCUT2D eigenvalue weighted by molar-refractivity contribution is -0.119. The van der Waals surface area contributed by atoms with Crippen LogP contribution in [-0.4, -0.2) is 12.3 Å². The Labute approximate surface area is 230 Å². The van der Waals surface area contributed by atoms with Gasteiger partial charge in [0.05, 0.1) is 0 Å². The van der Waals surface area contributed by atoms with Crippen molar-refractivity contribution in [2.45, 2.75) is 144 Å². The second-order valence-corrected chi connectivity index (χ2v) is 15.1. The molecule has 4 rings (SSSR count). The minimum Gasteiger partial charge on any atom is -0.330 e. The number of nitrogens with two attached hydrogens (primary N) is 1. The average molecular weight is 512 g/mol. The van der Waals surface area contributed by atoms with Crippen LogP contribution in [0, 0.1) is 52.3 Å². The van der Waals surface area contributed by atoms with Gasteiger partial charge in [0.1, 0.15) is 5.78 Å². The molecule has 0 aromatic carbocycles. The van der Waals surface area contributed by atoms with Crippen molar-refractivity contribution in [2.24, 2.45) is 58.0 Å². The molecule has 0 aliphatic heterocycles. The topological polar surface area (TPSA) is 43.1 Å². The van der Waals surface area contributed by atoms with Crippen LogP contribution in [0.3, 0.4) is 0 Å². The van der Waals surface area contributed by atoms with E-state index in [0.717, 1.165) is 54.3 Å². The van der Waals surface area contributed by atoms with Gasteiger partial charge in [-0.1, -0.05) is 84.8 Å². The summed E-state index contributed by atoms with van der Waals surface area (Å²) in [7, 11) is 0. The van der Waals surface area contributed by atoms with Crippen molar-refractivity contribution in [3.63, 3.8) is 0 Å². The van der Waals surface area contributed by atoms with Crippen LogP contribution >= 0.6 is 0 Å². The molecule has 0 heterocycles. The fourth-order valence-corrected chi connectivity index (χ4v) is 10.2. The highest BCUT2D eigenvalue weighted by molar-refractivity contribution is 5.78. The molecule has 5 unspecified atom stereocenters. The monoisotopic (exact) mass is 511 g/mol. The largest absolute Gasteiger partial charge is 0.330 e. The zero-order chi connectivity index (χ0) is 26.6. The first-order valence-electron chi connectivity index (χ1n) is 16.6. The van der Waals surface area contributed by atoms with Crippen molar-refractivity contribution in [2.75, 3.05) is 6.54 Å². The van der Waals surface area contributed by atoms with E-state index >= 15 is 0 Å². The smallest absolute Gasteiger partial charge is 0.134 e. The molecule has 0 amide bonds. The third-order valence-electron chi connectivity index (χ3n) is 12.4. The quantitative estimate of drug-likeness (QED) is 0.197. The molecule has 0 radical (unpaired) electrons. The first kappa shape index (κ1) is 29.4. The highest BCUT2D eigenvalue weighted by atomic mass is 16.1. The molecule has 0 aromatic rings. The Morgan fingerprint density at radius 3 is 2.51 bits per heavy atom. The second kappa shape index (κ2) is 12.7. The lowest BCUT2D eigenvalue weighted by Gasteiger charge is -2.58. The molecule has 4 aliphatic rings. The van der Waals surface area contributed by atoms with Gasteiger partial charge < -0.3 is 5.73 Å². The molecular formula is C35H61NO. The SMILES string of the molecule is CC(C)CCC[C@@H](C)C1CCC2[C@@H]3CC=C4C[C@@H](CCCCCC(=O)CCN)CCC4(C)C3CCC21C. The summed E-state index contributed by atoms with van der Waals surface area (Å²) in [5.74, 6) is 6.82. The average Bonchev–Trinajstić information content (AvgIpc) is 3.21. The number of fused-ring (bicyclic) bond motifs is 5. The summed E-state index contributed by atoms with van der Waals surface area (Å²) in [5, 5.41) is 0. The number of rotatable bonds is 13. The van der Waals surface area contributed by atoms with E-state index in [0.29, 0.717) is 29.6 Å². The van der Waals surface area contributed by atoms with Crippen molar-refractivity contribution in [1.82, 2.24) is 0 Å². The normalized spacial score (nSPS) is 38.0. The predicted molar refractivity (Wildman–Crippen MR) is 158 cm³/mol. The maximum atomic E-state index is 11.7. The lowest BCUT2D eigenvalue weighted by atomic mass is 9.46. The Morgan fingerprint density at radius 1 is 0.946 bits per heavy atom. The van der Waals surface area contributed by atoms with Gasteiger partial charge in [0.2, 0.25) is 0 Å². The predicted octanol–water partition coefficient (Wildman–Crippen LogP) is 9.51. The van der Waals surface area contributed by atoms with E-state index in [1.165, 1.54) is 89.9 Å². The summed E-state index contributed by atoms with van der Waals surface area (Å²) in [6, 6.07) is 0. The van der Waals surface area contributed by atoms with E-state index in [1.54, 1.807) is 0 Å². The molecule has 0 saturated heterocycles. The van der Waals surface area contributed by atoms with Gasteiger partial charge in [0.25, 0.3) is 0 Å². The highest BCUT2D eigenvalue weighted by Crippen LogP contribution is 2.67. The van der Waals surface area contributed by atoms with Gasteiger partial charge in [-0.15, -0.1) is 0 Å². The fraction of sp³-hybridized carbons (Fsp3) is 0.914. The molecule has 2 heteroatoms. The van der Waals surface area contributed by atoms with Crippen molar-refractivity contribution in [1.29, 1.82) is 0 Å². The van der Waals surface area contributed by atoms with Crippen molar-refractivity contribution in [3.05, 3.63) is 11.6 Å². The summed E-state index contributed by atoms with van der Waals surface area (Å²) in [6.45, 7) is 13.3. The molecular weight excluding hydrogens is 450 g/mol. The molecule has 3 saturated carbocycles. The molecule has 0 aromatic heterocycles. The van der Waals surface area contributed by atoms with Crippen molar-refractivity contribution < 1.29 is 4.79 Å². The van der Waals surface area contributed by atoms with E-state index < -0.39 is 0 Å². The number of Topliss-reactive ketones (excluding diaryl/α,β-unsaturated/α-hetero) is 1. The van der Waals surface area contributed by atoms with Crippen LogP contribution in [-0.2, 0) is 4.79 Å². The van der Waals surface area contributed by atoms with Gasteiger partial charge >= 0.3 is 0 Å². The van der Waals surface area contributed by atoms with Crippen LogP contribution in [0.1, 0.15) is 144 Å². The fourth-order valence-electron chi connectivity index (χ4n) is 10.2. The van der Waals surface area contributed by atoms with Gasteiger partial charge in [-0.2, -0.15) is 0 Å². The van der Waals surface area contributed by atoms with Crippen LogP contribution < -0.4 is 5.73 Å². The first-order valence-corrected chi connectivity index (χ1v) is 16.6. The van der Waals surface area contributed by atoms with Crippen molar-refractivity contribution >= 4 is 5.78 Å². The minimum absolute atomic E-state index is 0.357. The molecule has 2 N–H and O–H groups in total. The zero-order valence-corrected chi connectivity index (χ0v) is 25.3. The molecule has 2 nitrogen and oxygen atoms in total. The number of carbonyl (C=O) groups is 1. The Hall–Kier alpha value is -0.630. The van der Waals surface area contributed by atoms with E-state index in [2.05, 4.69) is 40.7 Å². The maximum absolute atomic E-state index is 11.7. The van der Waals surface area contributed by atoms with Crippen LogP contribution in [0.2, 0.25) is 0 Å². The highest BCUT2D eigenvalue weighted by Gasteiger charge is 2.59. The number of unbranched alkanes of at least 4 members (excludes halogenated alkanes) is 2. The number of ketones is 1. The van der Waals surface area contributed by atoms with Gasteiger partial charge in [-0.3, -0.25) is 4.79 Å².